The van der Waals surface area contributed by atoms with Gasteiger partial charge < -0.3 is 0 Å². The molecule has 0 saturated carbocycles. The zero-order chi connectivity index (χ0) is 11.5. The van der Waals surface area contributed by atoms with E-state index < -0.39 is 0 Å². The van der Waals surface area contributed by atoms with E-state index in [9.17, 15) is 0 Å². The van der Waals surface area contributed by atoms with Crippen LogP contribution in [0.1, 0.15) is 43.8 Å². The monoisotopic (exact) mass is 226 g/mol. The molecule has 0 aromatic carbocycles. The third kappa shape index (κ3) is 2.84. The fourth-order valence-corrected chi connectivity index (χ4v) is 2.30. The van der Waals surface area contributed by atoms with Crippen molar-refractivity contribution < 1.29 is 0 Å². The zero-order valence-corrected chi connectivity index (χ0v) is 10.3. The summed E-state index contributed by atoms with van der Waals surface area (Å²) in [7, 11) is 0. The van der Waals surface area contributed by atoms with Gasteiger partial charge in [-0.2, -0.15) is 0 Å². The van der Waals surface area contributed by atoms with Gasteiger partial charge in [-0.05, 0) is 18.0 Å². The molecule has 0 spiro atoms. The molecular formula is C10H18N4S. The Morgan fingerprint density at radius 1 is 1.60 bits per heavy atom. The van der Waals surface area contributed by atoms with E-state index in [2.05, 4.69) is 42.4 Å². The van der Waals surface area contributed by atoms with E-state index in [0.29, 0.717) is 0 Å². The van der Waals surface area contributed by atoms with E-state index in [1.165, 1.54) is 11.5 Å². The van der Waals surface area contributed by atoms with Crippen LogP contribution in [-0.4, -0.2) is 9.59 Å². The number of nitrogens with zero attached hydrogens (tertiary/aromatic N) is 2. The molecule has 4 nitrogen and oxygen atoms in total. The van der Waals surface area contributed by atoms with Gasteiger partial charge in [0.05, 0.1) is 16.6 Å². The molecule has 1 unspecified atom stereocenters. The second-order valence-electron chi connectivity index (χ2n) is 4.48. The van der Waals surface area contributed by atoms with Gasteiger partial charge in [0.2, 0.25) is 0 Å². The van der Waals surface area contributed by atoms with Crippen molar-refractivity contribution in [2.75, 3.05) is 0 Å². The summed E-state index contributed by atoms with van der Waals surface area (Å²) in [5.41, 5.74) is 3.79. The van der Waals surface area contributed by atoms with Crippen molar-refractivity contribution in [3.63, 3.8) is 0 Å². The SMILES string of the molecule is C=CCC(NN)c1snnc1C(C)(C)C. The highest BCUT2D eigenvalue weighted by atomic mass is 32.1. The molecule has 1 heterocycles. The average Bonchev–Trinajstić information content (AvgIpc) is 2.61. The highest BCUT2D eigenvalue weighted by Gasteiger charge is 2.26. The molecule has 0 aliphatic heterocycles. The predicted octanol–water partition coefficient (Wildman–Crippen LogP) is 1.92. The third-order valence-electron chi connectivity index (χ3n) is 2.14. The first-order valence-corrected chi connectivity index (χ1v) is 5.67. The molecule has 1 aromatic rings. The third-order valence-corrected chi connectivity index (χ3v) is 2.98. The van der Waals surface area contributed by atoms with Crippen LogP contribution in [0.5, 0.6) is 0 Å². The van der Waals surface area contributed by atoms with Gasteiger partial charge in [0.15, 0.2) is 0 Å². The van der Waals surface area contributed by atoms with E-state index in [4.69, 9.17) is 5.84 Å². The number of hydrogen-bond acceptors (Lipinski definition) is 5. The molecule has 15 heavy (non-hydrogen) atoms. The van der Waals surface area contributed by atoms with Gasteiger partial charge in [-0.15, -0.1) is 11.7 Å². The molecule has 1 aromatic heterocycles. The fraction of sp³-hybridized carbons (Fsp3) is 0.600. The van der Waals surface area contributed by atoms with Crippen LogP contribution in [0.25, 0.3) is 0 Å². The Morgan fingerprint density at radius 2 is 2.27 bits per heavy atom. The van der Waals surface area contributed by atoms with Gasteiger partial charge in [-0.1, -0.05) is 31.3 Å². The number of nitrogens with two attached hydrogens (primary N) is 1. The molecule has 3 N–H and O–H groups in total. The van der Waals surface area contributed by atoms with Crippen molar-refractivity contribution in [2.24, 2.45) is 5.84 Å². The highest BCUT2D eigenvalue weighted by molar-refractivity contribution is 7.05. The van der Waals surface area contributed by atoms with Crippen LogP contribution in [0.4, 0.5) is 0 Å². The topological polar surface area (TPSA) is 63.8 Å². The Balaban J connectivity index is 3.02. The normalized spacial score (nSPS) is 13.9. The Labute approximate surface area is 94.7 Å². The minimum Gasteiger partial charge on any atom is -0.271 e. The second kappa shape index (κ2) is 4.83. The molecule has 0 fully saturated rings. The summed E-state index contributed by atoms with van der Waals surface area (Å²) in [6.45, 7) is 10.1. The molecule has 84 valence electrons. The molecule has 0 radical (unpaired) electrons. The minimum atomic E-state index is -0.00139. The van der Waals surface area contributed by atoms with E-state index in [-0.39, 0.29) is 11.5 Å². The average molecular weight is 226 g/mol. The van der Waals surface area contributed by atoms with Crippen LogP contribution in [0, 0.1) is 0 Å². The van der Waals surface area contributed by atoms with Crippen LogP contribution < -0.4 is 11.3 Å². The lowest BCUT2D eigenvalue weighted by Crippen LogP contribution is -2.29. The quantitative estimate of drug-likeness (QED) is 0.468. The number of aromatic nitrogens is 2. The Bertz CT molecular complexity index is 326. The van der Waals surface area contributed by atoms with E-state index in [1.807, 2.05) is 6.08 Å². The molecule has 0 saturated heterocycles. The zero-order valence-electron chi connectivity index (χ0n) is 9.45. The maximum Gasteiger partial charge on any atom is 0.0857 e. The summed E-state index contributed by atoms with van der Waals surface area (Å²) in [5.74, 6) is 5.52. The minimum absolute atomic E-state index is 0.00139. The van der Waals surface area contributed by atoms with Gasteiger partial charge in [-0.25, -0.2) is 0 Å². The number of hydrazine groups is 1. The summed E-state index contributed by atoms with van der Waals surface area (Å²) >= 11 is 1.40. The second-order valence-corrected chi connectivity index (χ2v) is 5.27. The summed E-state index contributed by atoms with van der Waals surface area (Å²) in [6.07, 6.45) is 2.63. The van der Waals surface area contributed by atoms with Crippen LogP contribution in [0.15, 0.2) is 12.7 Å². The van der Waals surface area contributed by atoms with Crippen molar-refractivity contribution in [2.45, 2.75) is 38.6 Å². The number of hydrogen-bond donors (Lipinski definition) is 2. The molecule has 0 bridgehead atoms. The molecule has 0 amide bonds. The maximum absolute atomic E-state index is 5.52. The summed E-state index contributed by atoms with van der Waals surface area (Å²) < 4.78 is 4.00. The molecule has 0 aliphatic carbocycles. The largest absolute Gasteiger partial charge is 0.271 e. The van der Waals surface area contributed by atoms with Gasteiger partial charge in [0.25, 0.3) is 0 Å². The van der Waals surface area contributed by atoms with Crippen molar-refractivity contribution in [3.8, 4) is 0 Å². The lowest BCUT2D eigenvalue weighted by Gasteiger charge is -2.20. The van der Waals surface area contributed by atoms with Crippen molar-refractivity contribution in [1.29, 1.82) is 0 Å². The maximum atomic E-state index is 5.52. The number of rotatable bonds is 4. The van der Waals surface area contributed by atoms with E-state index in [1.54, 1.807) is 0 Å². The summed E-state index contributed by atoms with van der Waals surface area (Å²) in [4.78, 5) is 1.10. The summed E-state index contributed by atoms with van der Waals surface area (Å²) in [6, 6.07) is 0.0664. The molecular weight excluding hydrogens is 208 g/mol. The van der Waals surface area contributed by atoms with E-state index in [0.717, 1.165) is 17.0 Å². The van der Waals surface area contributed by atoms with Crippen LogP contribution in [0.2, 0.25) is 0 Å². The molecule has 5 heteroatoms. The lowest BCUT2D eigenvalue weighted by atomic mass is 9.89. The van der Waals surface area contributed by atoms with Crippen molar-refractivity contribution in [3.05, 3.63) is 23.2 Å². The molecule has 1 atom stereocenters. The Hall–Kier alpha value is -0.780. The van der Waals surface area contributed by atoms with Gasteiger partial charge >= 0.3 is 0 Å². The number of nitrogens with one attached hydrogen (secondary N) is 1. The molecule has 1 rings (SSSR count). The lowest BCUT2D eigenvalue weighted by molar-refractivity contribution is 0.520. The van der Waals surface area contributed by atoms with Crippen LogP contribution >= 0.6 is 11.5 Å². The Kier molecular flexibility index (Phi) is 3.96. The van der Waals surface area contributed by atoms with Gasteiger partial charge in [0.1, 0.15) is 0 Å². The van der Waals surface area contributed by atoms with E-state index >= 15 is 0 Å². The first-order valence-electron chi connectivity index (χ1n) is 4.90. The molecule has 0 aliphatic rings. The fourth-order valence-electron chi connectivity index (χ4n) is 1.36. The van der Waals surface area contributed by atoms with Crippen LogP contribution in [-0.2, 0) is 5.41 Å². The summed E-state index contributed by atoms with van der Waals surface area (Å²) in [5, 5.41) is 4.18. The first kappa shape index (κ1) is 12.3. The van der Waals surface area contributed by atoms with Crippen LogP contribution in [0.3, 0.4) is 0 Å². The highest BCUT2D eigenvalue weighted by Crippen LogP contribution is 2.31. The predicted molar refractivity (Wildman–Crippen MR) is 63.5 cm³/mol. The van der Waals surface area contributed by atoms with Gasteiger partial charge in [-0.3, -0.25) is 11.3 Å². The van der Waals surface area contributed by atoms with Gasteiger partial charge in [0, 0.05) is 5.41 Å². The first-order chi connectivity index (χ1) is 7.00. The van der Waals surface area contributed by atoms with Crippen molar-refractivity contribution >= 4 is 11.5 Å². The Morgan fingerprint density at radius 3 is 2.73 bits per heavy atom. The smallest absolute Gasteiger partial charge is 0.0857 e. The van der Waals surface area contributed by atoms with Crippen molar-refractivity contribution in [1.82, 2.24) is 15.0 Å². The standard InChI is InChI=1S/C10H18N4S/c1-5-6-7(12-11)8-9(10(2,3)4)13-14-15-8/h5,7,12H,1,6,11H2,2-4H3.